The molecular weight excluding hydrogens is 174 g/mol. The minimum Gasteiger partial charge on any atom is -0.333 e. The van der Waals surface area contributed by atoms with Crippen LogP contribution in [0.15, 0.2) is 24.5 Å². The zero-order chi connectivity index (χ0) is 10.4. The van der Waals surface area contributed by atoms with Crippen molar-refractivity contribution >= 4 is 0 Å². The maximum atomic E-state index is 4.50. The largest absolute Gasteiger partial charge is 0.333 e. The fraction of sp³-hybridized carbons (Fsp3) is 0.545. The summed E-state index contributed by atoms with van der Waals surface area (Å²) in [6, 6.07) is 4.79. The monoisotopic (exact) mass is 193 g/mol. The highest BCUT2D eigenvalue weighted by molar-refractivity contribution is 5.14. The molecule has 1 aromatic heterocycles. The van der Waals surface area contributed by atoms with E-state index in [1.165, 1.54) is 32.0 Å². The Labute approximate surface area is 85.9 Å². The lowest BCUT2D eigenvalue weighted by molar-refractivity contribution is 0.317. The van der Waals surface area contributed by atoms with Gasteiger partial charge in [-0.05, 0) is 45.1 Å². The second kappa shape index (κ2) is 5.73. The van der Waals surface area contributed by atoms with Crippen LogP contribution in [0.5, 0.6) is 0 Å². The molecule has 3 nitrogen and oxygen atoms in total. The number of aromatic nitrogens is 1. The first-order chi connectivity index (χ1) is 6.88. The molecule has 1 saturated heterocycles. The molecule has 1 aromatic rings. The van der Waals surface area contributed by atoms with Gasteiger partial charge in [-0.15, -0.1) is 0 Å². The Hall–Kier alpha value is -0.930. The van der Waals surface area contributed by atoms with Crippen LogP contribution in [0.25, 0.3) is 0 Å². The molecule has 3 heteroatoms. The molecule has 14 heavy (non-hydrogen) atoms. The van der Waals surface area contributed by atoms with E-state index in [9.17, 15) is 0 Å². The summed E-state index contributed by atoms with van der Waals surface area (Å²) in [5.41, 5.74) is 5.86. The van der Waals surface area contributed by atoms with Crippen LogP contribution in [0.2, 0.25) is 0 Å². The van der Waals surface area contributed by atoms with E-state index >= 15 is 0 Å². The Morgan fingerprint density at radius 2 is 2.29 bits per heavy atom. The van der Waals surface area contributed by atoms with Gasteiger partial charge in [-0.2, -0.15) is 0 Å². The Bertz CT molecular complexity index is 248. The summed E-state index contributed by atoms with van der Waals surface area (Å²) >= 11 is 0. The van der Waals surface area contributed by atoms with Crippen molar-refractivity contribution in [1.29, 1.82) is 0 Å². The van der Waals surface area contributed by atoms with E-state index in [1.807, 2.05) is 18.5 Å². The minimum atomic E-state index is 0.610. The Balaban J connectivity index is 0.000000461. The molecule has 0 aromatic carbocycles. The number of pyridine rings is 1. The quantitative estimate of drug-likeness (QED) is 0.733. The van der Waals surface area contributed by atoms with Gasteiger partial charge in [0.25, 0.3) is 0 Å². The SMILES string of the molecule is CN.CN1CCCC1c1cccnc1. The molecule has 0 spiro atoms. The number of hydrogen-bond donors (Lipinski definition) is 1. The van der Waals surface area contributed by atoms with Gasteiger partial charge in [-0.25, -0.2) is 0 Å². The molecule has 1 aliphatic rings. The average Bonchev–Trinajstić information content (AvgIpc) is 2.69. The molecule has 1 atom stereocenters. The fourth-order valence-corrected chi connectivity index (χ4v) is 1.90. The summed E-state index contributed by atoms with van der Waals surface area (Å²) in [4.78, 5) is 6.54. The Kier molecular flexibility index (Phi) is 4.56. The van der Waals surface area contributed by atoms with Gasteiger partial charge in [0.2, 0.25) is 0 Å². The standard InChI is InChI=1S/C10H14N2.CH5N/c1-12-7-3-5-10(12)9-4-2-6-11-8-9;1-2/h2,4,6,8,10H,3,5,7H2,1H3;2H2,1H3. The minimum absolute atomic E-state index is 0.610. The van der Waals surface area contributed by atoms with Crippen LogP contribution in [-0.4, -0.2) is 30.5 Å². The molecule has 0 amide bonds. The molecule has 2 heterocycles. The van der Waals surface area contributed by atoms with Crippen LogP contribution in [0, 0.1) is 0 Å². The van der Waals surface area contributed by atoms with Gasteiger partial charge in [0.15, 0.2) is 0 Å². The summed E-state index contributed by atoms with van der Waals surface area (Å²) in [6.45, 7) is 1.22. The fourth-order valence-electron chi connectivity index (χ4n) is 1.90. The molecule has 0 saturated carbocycles. The number of rotatable bonds is 1. The van der Waals surface area contributed by atoms with E-state index in [4.69, 9.17) is 0 Å². The third kappa shape index (κ3) is 2.53. The Morgan fingerprint density at radius 1 is 1.50 bits per heavy atom. The first-order valence-electron chi connectivity index (χ1n) is 5.06. The lowest BCUT2D eigenvalue weighted by Gasteiger charge is -2.18. The molecule has 1 aliphatic heterocycles. The smallest absolute Gasteiger partial charge is 0.0360 e. The maximum Gasteiger partial charge on any atom is 0.0360 e. The van der Waals surface area contributed by atoms with Crippen molar-refractivity contribution in [2.75, 3.05) is 20.6 Å². The zero-order valence-corrected chi connectivity index (χ0v) is 8.98. The predicted molar refractivity (Wildman–Crippen MR) is 59.0 cm³/mol. The normalized spacial score (nSPS) is 21.5. The van der Waals surface area contributed by atoms with E-state index in [0.717, 1.165) is 0 Å². The van der Waals surface area contributed by atoms with E-state index in [1.54, 1.807) is 0 Å². The van der Waals surface area contributed by atoms with Gasteiger partial charge >= 0.3 is 0 Å². The van der Waals surface area contributed by atoms with Gasteiger partial charge in [-0.3, -0.25) is 9.88 Å². The van der Waals surface area contributed by atoms with Crippen molar-refractivity contribution < 1.29 is 0 Å². The van der Waals surface area contributed by atoms with Crippen LogP contribution in [0.4, 0.5) is 0 Å². The Morgan fingerprint density at radius 3 is 2.79 bits per heavy atom. The van der Waals surface area contributed by atoms with Crippen LogP contribution < -0.4 is 5.73 Å². The zero-order valence-electron chi connectivity index (χ0n) is 8.98. The first-order valence-corrected chi connectivity index (χ1v) is 5.06. The molecule has 0 aliphatic carbocycles. The maximum absolute atomic E-state index is 4.50. The number of nitrogens with two attached hydrogens (primary N) is 1. The van der Waals surface area contributed by atoms with Crippen LogP contribution >= 0.6 is 0 Å². The second-order valence-electron chi connectivity index (χ2n) is 3.42. The van der Waals surface area contributed by atoms with E-state index in [2.05, 4.69) is 28.7 Å². The van der Waals surface area contributed by atoms with Gasteiger partial charge in [0, 0.05) is 18.4 Å². The molecule has 2 rings (SSSR count). The number of hydrogen-bond acceptors (Lipinski definition) is 3. The third-order valence-electron chi connectivity index (χ3n) is 2.59. The van der Waals surface area contributed by atoms with Crippen molar-refractivity contribution in [1.82, 2.24) is 9.88 Å². The highest BCUT2D eigenvalue weighted by Crippen LogP contribution is 2.29. The van der Waals surface area contributed by atoms with Gasteiger partial charge < -0.3 is 5.73 Å². The van der Waals surface area contributed by atoms with Crippen LogP contribution in [0.3, 0.4) is 0 Å². The summed E-state index contributed by atoms with van der Waals surface area (Å²) < 4.78 is 0. The van der Waals surface area contributed by atoms with Crippen molar-refractivity contribution in [2.45, 2.75) is 18.9 Å². The summed E-state index contributed by atoms with van der Waals surface area (Å²) in [6.07, 6.45) is 6.41. The van der Waals surface area contributed by atoms with E-state index in [0.29, 0.717) is 6.04 Å². The van der Waals surface area contributed by atoms with E-state index in [-0.39, 0.29) is 0 Å². The third-order valence-corrected chi connectivity index (χ3v) is 2.59. The predicted octanol–water partition coefficient (Wildman–Crippen LogP) is 1.42. The molecule has 1 unspecified atom stereocenters. The van der Waals surface area contributed by atoms with E-state index < -0.39 is 0 Å². The molecule has 0 bridgehead atoms. The van der Waals surface area contributed by atoms with Crippen molar-refractivity contribution in [3.8, 4) is 0 Å². The van der Waals surface area contributed by atoms with Crippen molar-refractivity contribution in [2.24, 2.45) is 5.73 Å². The first kappa shape index (κ1) is 11.1. The van der Waals surface area contributed by atoms with Gasteiger partial charge in [0.1, 0.15) is 0 Å². The van der Waals surface area contributed by atoms with Crippen molar-refractivity contribution in [3.05, 3.63) is 30.1 Å². The van der Waals surface area contributed by atoms with Gasteiger partial charge in [0.05, 0.1) is 0 Å². The second-order valence-corrected chi connectivity index (χ2v) is 3.42. The van der Waals surface area contributed by atoms with Gasteiger partial charge in [-0.1, -0.05) is 6.07 Å². The molecule has 2 N–H and O–H groups in total. The van der Waals surface area contributed by atoms with Crippen molar-refractivity contribution in [3.63, 3.8) is 0 Å². The average molecular weight is 193 g/mol. The van der Waals surface area contributed by atoms with Crippen LogP contribution in [-0.2, 0) is 0 Å². The molecular formula is C11H19N3. The highest BCUT2D eigenvalue weighted by atomic mass is 15.1. The number of nitrogens with zero attached hydrogens (tertiary/aromatic N) is 2. The summed E-state index contributed by atoms with van der Waals surface area (Å²) in [5, 5.41) is 0. The summed E-state index contributed by atoms with van der Waals surface area (Å²) in [7, 11) is 3.69. The van der Waals surface area contributed by atoms with Crippen LogP contribution in [0.1, 0.15) is 24.4 Å². The lowest BCUT2D eigenvalue weighted by atomic mass is 10.1. The molecule has 0 radical (unpaired) electrons. The molecule has 78 valence electrons. The number of likely N-dealkylation sites (tertiary alicyclic amines) is 1. The lowest BCUT2D eigenvalue weighted by Crippen LogP contribution is -2.17. The molecule has 1 fully saturated rings. The summed E-state index contributed by atoms with van der Waals surface area (Å²) in [5.74, 6) is 0. The highest BCUT2D eigenvalue weighted by Gasteiger charge is 2.21. The topological polar surface area (TPSA) is 42.1 Å².